The molecule has 1 heterocycles. The summed E-state index contributed by atoms with van der Waals surface area (Å²) in [6.07, 6.45) is -1.02. The van der Waals surface area contributed by atoms with Crippen molar-refractivity contribution in [1.29, 1.82) is 0 Å². The Morgan fingerprint density at radius 3 is 2.46 bits per heavy atom. The van der Waals surface area contributed by atoms with Crippen LogP contribution in [0.15, 0.2) is 28.8 Å². The maximum absolute atomic E-state index is 12.1. The first-order chi connectivity index (χ1) is 11.4. The van der Waals surface area contributed by atoms with Gasteiger partial charge in [-0.15, -0.1) is 0 Å². The SMILES string of the molecule is COc1ccc(C(=O)O[C@H](C)C(=O)Nc2cc(C)no2)cc1OC. The molecule has 0 aliphatic rings. The summed E-state index contributed by atoms with van der Waals surface area (Å²) >= 11 is 0. The molecule has 0 bridgehead atoms. The molecule has 0 aliphatic carbocycles. The summed E-state index contributed by atoms with van der Waals surface area (Å²) in [7, 11) is 2.95. The first-order valence-corrected chi connectivity index (χ1v) is 7.11. The van der Waals surface area contributed by atoms with Gasteiger partial charge < -0.3 is 18.7 Å². The third-order valence-electron chi connectivity index (χ3n) is 3.15. The van der Waals surface area contributed by atoms with Crippen LogP contribution in [-0.2, 0) is 9.53 Å². The van der Waals surface area contributed by atoms with E-state index < -0.39 is 18.0 Å². The molecule has 1 N–H and O–H groups in total. The molecule has 0 radical (unpaired) electrons. The molecule has 1 aromatic carbocycles. The number of carbonyl (C=O) groups excluding carboxylic acids is 2. The fourth-order valence-corrected chi connectivity index (χ4v) is 1.89. The van der Waals surface area contributed by atoms with Crippen molar-refractivity contribution < 1.29 is 28.3 Å². The van der Waals surface area contributed by atoms with Crippen LogP contribution in [0.5, 0.6) is 11.5 Å². The zero-order chi connectivity index (χ0) is 17.7. The summed E-state index contributed by atoms with van der Waals surface area (Å²) < 4.78 is 20.2. The number of anilines is 1. The number of nitrogens with zero attached hydrogens (tertiary/aromatic N) is 1. The molecule has 2 aromatic rings. The van der Waals surface area contributed by atoms with E-state index in [1.807, 2.05) is 0 Å². The van der Waals surface area contributed by atoms with E-state index in [1.54, 1.807) is 19.1 Å². The van der Waals surface area contributed by atoms with Crippen molar-refractivity contribution in [3.63, 3.8) is 0 Å². The lowest BCUT2D eigenvalue weighted by molar-refractivity contribution is -0.123. The average Bonchev–Trinajstić information content (AvgIpc) is 2.98. The largest absolute Gasteiger partial charge is 0.493 e. The molecule has 1 atom stereocenters. The van der Waals surface area contributed by atoms with Crippen LogP contribution >= 0.6 is 0 Å². The molecule has 0 aliphatic heterocycles. The second-order valence-corrected chi connectivity index (χ2v) is 4.94. The van der Waals surface area contributed by atoms with E-state index in [2.05, 4.69) is 10.5 Å². The number of hydrogen-bond donors (Lipinski definition) is 1. The number of aryl methyl sites for hydroxylation is 1. The summed E-state index contributed by atoms with van der Waals surface area (Å²) in [6, 6.07) is 6.14. The molecular formula is C16H18N2O6. The Labute approximate surface area is 138 Å². The molecule has 0 fully saturated rings. The van der Waals surface area contributed by atoms with Gasteiger partial charge in [0, 0.05) is 6.07 Å². The quantitative estimate of drug-likeness (QED) is 0.808. The van der Waals surface area contributed by atoms with Crippen LogP contribution < -0.4 is 14.8 Å². The maximum Gasteiger partial charge on any atom is 0.339 e. The van der Waals surface area contributed by atoms with Gasteiger partial charge in [-0.2, -0.15) is 0 Å². The predicted octanol–water partition coefficient (Wildman–Crippen LogP) is 2.18. The lowest BCUT2D eigenvalue weighted by Gasteiger charge is -2.13. The topological polar surface area (TPSA) is 99.9 Å². The van der Waals surface area contributed by atoms with Crippen LogP contribution in [0.3, 0.4) is 0 Å². The van der Waals surface area contributed by atoms with Gasteiger partial charge in [0.1, 0.15) is 0 Å². The van der Waals surface area contributed by atoms with Crippen molar-refractivity contribution in [1.82, 2.24) is 5.16 Å². The Balaban J connectivity index is 2.01. The number of aromatic nitrogens is 1. The predicted molar refractivity (Wildman–Crippen MR) is 84.3 cm³/mol. The Morgan fingerprint density at radius 2 is 1.88 bits per heavy atom. The summed E-state index contributed by atoms with van der Waals surface area (Å²) in [5, 5.41) is 6.12. The van der Waals surface area contributed by atoms with E-state index in [9.17, 15) is 9.59 Å². The number of ether oxygens (including phenoxy) is 3. The monoisotopic (exact) mass is 334 g/mol. The maximum atomic E-state index is 12.1. The Morgan fingerprint density at radius 1 is 1.17 bits per heavy atom. The van der Waals surface area contributed by atoms with Crippen molar-refractivity contribution >= 4 is 17.8 Å². The highest BCUT2D eigenvalue weighted by Crippen LogP contribution is 2.27. The van der Waals surface area contributed by atoms with Crippen molar-refractivity contribution in [3.8, 4) is 11.5 Å². The van der Waals surface area contributed by atoms with E-state index in [1.165, 1.54) is 33.3 Å². The Kier molecular flexibility index (Phi) is 5.41. The highest BCUT2D eigenvalue weighted by molar-refractivity contribution is 5.96. The standard InChI is InChI=1S/C16H18N2O6/c1-9-7-14(24-18-9)17-15(19)10(2)23-16(20)11-5-6-12(21-3)13(8-11)22-4/h5-8,10H,1-4H3,(H,17,19)/t10-/m1/s1. The van der Waals surface area contributed by atoms with Crippen molar-refractivity contribution in [3.05, 3.63) is 35.5 Å². The fourth-order valence-electron chi connectivity index (χ4n) is 1.89. The molecule has 0 saturated carbocycles. The number of rotatable bonds is 6. The Bertz CT molecular complexity index is 740. The van der Waals surface area contributed by atoms with E-state index in [0.717, 1.165) is 0 Å². The van der Waals surface area contributed by atoms with Gasteiger partial charge in [-0.05, 0) is 32.0 Å². The van der Waals surface area contributed by atoms with Crippen LogP contribution in [-0.4, -0.2) is 37.4 Å². The molecule has 0 spiro atoms. The molecule has 128 valence electrons. The summed E-state index contributed by atoms with van der Waals surface area (Å²) in [5.41, 5.74) is 0.864. The number of benzene rings is 1. The van der Waals surface area contributed by atoms with E-state index in [0.29, 0.717) is 17.2 Å². The molecule has 1 aromatic heterocycles. The van der Waals surface area contributed by atoms with E-state index in [-0.39, 0.29) is 11.4 Å². The number of nitrogens with one attached hydrogen (secondary N) is 1. The van der Waals surface area contributed by atoms with Crippen molar-refractivity contribution in [2.24, 2.45) is 0 Å². The van der Waals surface area contributed by atoms with Crippen molar-refractivity contribution in [2.75, 3.05) is 19.5 Å². The third-order valence-corrected chi connectivity index (χ3v) is 3.15. The highest BCUT2D eigenvalue weighted by Gasteiger charge is 2.21. The average molecular weight is 334 g/mol. The zero-order valence-corrected chi connectivity index (χ0v) is 13.8. The molecule has 8 heteroatoms. The van der Waals surface area contributed by atoms with Gasteiger partial charge in [0.05, 0.1) is 25.5 Å². The van der Waals surface area contributed by atoms with E-state index >= 15 is 0 Å². The van der Waals surface area contributed by atoms with Gasteiger partial charge in [-0.3, -0.25) is 10.1 Å². The van der Waals surface area contributed by atoms with Gasteiger partial charge in [0.15, 0.2) is 17.6 Å². The normalized spacial score (nSPS) is 11.5. The van der Waals surface area contributed by atoms with Crippen LogP contribution in [0.4, 0.5) is 5.88 Å². The van der Waals surface area contributed by atoms with Crippen LogP contribution in [0.2, 0.25) is 0 Å². The van der Waals surface area contributed by atoms with Gasteiger partial charge in [-0.1, -0.05) is 5.16 Å². The minimum absolute atomic E-state index is 0.187. The second kappa shape index (κ2) is 7.49. The van der Waals surface area contributed by atoms with Gasteiger partial charge >= 0.3 is 5.97 Å². The fraction of sp³-hybridized carbons (Fsp3) is 0.312. The van der Waals surface area contributed by atoms with E-state index in [4.69, 9.17) is 18.7 Å². The second-order valence-electron chi connectivity index (χ2n) is 4.94. The van der Waals surface area contributed by atoms with Gasteiger partial charge in [0.2, 0.25) is 5.88 Å². The number of esters is 1. The molecule has 0 saturated heterocycles. The van der Waals surface area contributed by atoms with Crippen LogP contribution in [0, 0.1) is 6.92 Å². The molecule has 24 heavy (non-hydrogen) atoms. The molecule has 0 unspecified atom stereocenters. The number of amides is 1. The zero-order valence-electron chi connectivity index (χ0n) is 13.8. The number of methoxy groups -OCH3 is 2. The Hall–Kier alpha value is -3.03. The minimum atomic E-state index is -1.02. The first kappa shape index (κ1) is 17.3. The van der Waals surface area contributed by atoms with Crippen LogP contribution in [0.25, 0.3) is 0 Å². The third kappa shape index (κ3) is 4.03. The molecule has 8 nitrogen and oxygen atoms in total. The number of carbonyl (C=O) groups is 2. The summed E-state index contributed by atoms with van der Waals surface area (Å²) in [4.78, 5) is 24.1. The first-order valence-electron chi connectivity index (χ1n) is 7.11. The smallest absolute Gasteiger partial charge is 0.339 e. The lowest BCUT2D eigenvalue weighted by atomic mass is 10.2. The van der Waals surface area contributed by atoms with Gasteiger partial charge in [-0.25, -0.2) is 4.79 Å². The van der Waals surface area contributed by atoms with Crippen molar-refractivity contribution in [2.45, 2.75) is 20.0 Å². The molecular weight excluding hydrogens is 316 g/mol. The highest BCUT2D eigenvalue weighted by atomic mass is 16.5. The minimum Gasteiger partial charge on any atom is -0.493 e. The van der Waals surface area contributed by atoms with Gasteiger partial charge in [0.25, 0.3) is 5.91 Å². The van der Waals surface area contributed by atoms with Crippen LogP contribution in [0.1, 0.15) is 23.0 Å². The number of hydrogen-bond acceptors (Lipinski definition) is 7. The summed E-state index contributed by atoms with van der Waals surface area (Å²) in [6.45, 7) is 3.18. The summed E-state index contributed by atoms with van der Waals surface area (Å²) in [5.74, 6) is -0.124. The molecule has 2 rings (SSSR count). The lowest BCUT2D eigenvalue weighted by Crippen LogP contribution is -2.29. The molecule has 1 amide bonds.